The minimum Gasteiger partial charge on any atom is -0.497 e. The van der Waals surface area contributed by atoms with E-state index in [9.17, 15) is 19.2 Å². The summed E-state index contributed by atoms with van der Waals surface area (Å²) in [6.45, 7) is 20.3. The lowest BCUT2D eigenvalue weighted by Crippen LogP contribution is -2.67. The molecule has 0 radical (unpaired) electrons. The van der Waals surface area contributed by atoms with E-state index in [1.54, 1.807) is 61.0 Å². The minimum absolute atomic E-state index is 0.0416. The summed E-state index contributed by atoms with van der Waals surface area (Å²) in [5.74, 6) is 7.41. The average Bonchev–Trinajstić information content (AvgIpc) is 1.52. The van der Waals surface area contributed by atoms with Crippen molar-refractivity contribution in [3.63, 3.8) is 0 Å². The Morgan fingerprint density at radius 3 is 1.08 bits per heavy atom. The molecule has 692 valence electrons. The van der Waals surface area contributed by atoms with Crippen molar-refractivity contribution in [2.75, 3.05) is 142 Å². The van der Waals surface area contributed by atoms with Gasteiger partial charge in [0.25, 0.3) is 0 Å². The second-order valence-corrected chi connectivity index (χ2v) is 41.8. The van der Waals surface area contributed by atoms with Crippen molar-refractivity contribution in [1.82, 2.24) is 49.4 Å². The van der Waals surface area contributed by atoms with Gasteiger partial charge in [-0.25, -0.2) is 0 Å². The van der Waals surface area contributed by atoms with Crippen LogP contribution in [0.4, 0.5) is 0 Å². The maximum atomic E-state index is 13.9. The number of esters is 4. The quantitative estimate of drug-likeness (QED) is 0.0324. The van der Waals surface area contributed by atoms with Gasteiger partial charge in [0, 0.05) is 219 Å². The van der Waals surface area contributed by atoms with Gasteiger partial charge in [0.05, 0.1) is 35.0 Å². The number of rotatable bonds is 17. The number of ether oxygens (including phenoxy) is 8. The Kier molecular flexibility index (Phi) is 24.0. The summed E-state index contributed by atoms with van der Waals surface area (Å²) >= 11 is 0. The monoisotopic (exact) mass is 1770 g/mol. The maximum Gasteiger partial charge on any atom is 0.319 e. The molecule has 22 heteroatoms. The molecule has 5 N–H and O–H groups in total. The molecule has 130 heavy (non-hydrogen) atoms. The van der Waals surface area contributed by atoms with E-state index in [0.29, 0.717) is 60.6 Å². The molecule has 5 aliphatic carbocycles. The molecule has 22 nitrogen and oxygen atoms in total. The molecule has 25 atom stereocenters. The van der Waals surface area contributed by atoms with Crippen molar-refractivity contribution >= 4 is 78.4 Å². The summed E-state index contributed by atoms with van der Waals surface area (Å²) in [4.78, 5) is 85.6. The molecule has 20 heterocycles. The summed E-state index contributed by atoms with van der Waals surface area (Å²) in [5.41, 5.74) is 16.4. The minimum atomic E-state index is -0.641. The molecule has 30 rings (SSSR count). The molecule has 5 aromatic carbocycles. The van der Waals surface area contributed by atoms with Crippen LogP contribution >= 0.6 is 0 Å². The number of carbonyl (C=O) groups is 4. The fraction of sp³-hybridized carbons (Fsp3) is 0.593. The van der Waals surface area contributed by atoms with Gasteiger partial charge >= 0.3 is 23.9 Å². The van der Waals surface area contributed by atoms with Crippen LogP contribution in [0.2, 0.25) is 0 Å². The lowest BCUT2D eigenvalue weighted by molar-refractivity contribution is -0.167. The van der Waals surface area contributed by atoms with Gasteiger partial charge in [-0.1, -0.05) is 113 Å². The van der Waals surface area contributed by atoms with Crippen molar-refractivity contribution in [2.24, 2.45) is 59.2 Å². The van der Waals surface area contributed by atoms with E-state index in [1.165, 1.54) is 119 Å². The van der Waals surface area contributed by atoms with Gasteiger partial charge in [-0.2, -0.15) is 0 Å². The largest absolute Gasteiger partial charge is 0.497 e. The van der Waals surface area contributed by atoms with Gasteiger partial charge in [0.15, 0.2) is 0 Å². The van der Waals surface area contributed by atoms with E-state index in [-0.39, 0.29) is 48.0 Å². The number of fused-ring (bicyclic) bond motifs is 20. The third-order valence-corrected chi connectivity index (χ3v) is 35.7. The SMILES string of the molecule is CCC1C[C@@H]2CN3CCc4c([nH]c5ccc(OC)cc45)C(C(=O)OC)(C2)C13.CCC1C[C@@H]2CN3CCc4c([nH]c5ccccc45)C(C(=O)OC)(C2)C13.CCC1C[C@H]2CC3c4[nH]c5ccccc5c4CCN(C2)C13.COCCC1C[C@@H]2CN3CCc4c([nH]c5ccccc45)C(C(=O)OC)(C2)C13.COCCOC(=O)C12C[C@@H]3CC(CCOC)C1N(CCc1c2[nH]c2ccccc12)C3. The lowest BCUT2D eigenvalue weighted by atomic mass is 9.56. The molecule has 15 fully saturated rings. The highest BCUT2D eigenvalue weighted by atomic mass is 16.6. The molecule has 20 unspecified atom stereocenters. The number of benzene rings is 5. The van der Waals surface area contributed by atoms with Gasteiger partial charge in [-0.15, -0.1) is 0 Å². The Morgan fingerprint density at radius 1 is 0.346 bits per heavy atom. The number of piperidine rings is 10. The molecule has 5 saturated carbocycles. The van der Waals surface area contributed by atoms with Gasteiger partial charge in [-0.05, 0) is 239 Å². The molecule has 0 amide bonds. The predicted molar refractivity (Wildman–Crippen MR) is 507 cm³/mol. The van der Waals surface area contributed by atoms with Gasteiger partial charge in [0.1, 0.15) is 34.0 Å². The zero-order valence-electron chi connectivity index (χ0n) is 78.4. The van der Waals surface area contributed by atoms with Crippen LogP contribution < -0.4 is 4.74 Å². The van der Waals surface area contributed by atoms with E-state index >= 15 is 0 Å². The summed E-state index contributed by atoms with van der Waals surface area (Å²) in [6, 6.07) is 42.1. The number of nitrogens with one attached hydrogen (secondary N) is 5. The Hall–Kier alpha value is -8.84. The van der Waals surface area contributed by atoms with Crippen LogP contribution in [-0.4, -0.2) is 245 Å². The second kappa shape index (κ2) is 35.5. The summed E-state index contributed by atoms with van der Waals surface area (Å²) in [7, 11) is 11.5. The Bertz CT molecular complexity index is 5860. The number of para-hydroxylation sites is 4. The van der Waals surface area contributed by atoms with Crippen LogP contribution in [0.25, 0.3) is 54.5 Å². The Morgan fingerprint density at radius 2 is 0.685 bits per heavy atom. The molecule has 15 aliphatic heterocycles. The third kappa shape index (κ3) is 14.0. The van der Waals surface area contributed by atoms with Gasteiger partial charge < -0.3 is 62.8 Å². The number of H-pyrrole nitrogens is 5. The van der Waals surface area contributed by atoms with E-state index in [2.05, 4.69) is 179 Å². The maximum absolute atomic E-state index is 13.9. The first-order valence-electron chi connectivity index (χ1n) is 49.7. The number of nitrogens with zero attached hydrogens (tertiary/aromatic N) is 5. The highest BCUT2D eigenvalue weighted by Gasteiger charge is 2.68. The first kappa shape index (κ1) is 87.8. The highest BCUT2D eigenvalue weighted by Crippen LogP contribution is 2.62. The molecule has 10 saturated heterocycles. The van der Waals surface area contributed by atoms with Gasteiger partial charge in [-0.3, -0.25) is 43.7 Å². The number of aromatic amines is 5. The Balaban J connectivity index is 0.0000000987. The number of carbonyl (C=O) groups excluding carboxylic acids is 4. The van der Waals surface area contributed by atoms with Crippen molar-refractivity contribution < 1.29 is 57.1 Å². The first-order chi connectivity index (χ1) is 63.5. The van der Waals surface area contributed by atoms with Crippen LogP contribution in [-0.2, 0) is 106 Å². The van der Waals surface area contributed by atoms with Crippen molar-refractivity contribution in [2.45, 2.75) is 207 Å². The van der Waals surface area contributed by atoms with Gasteiger partial charge in [0.2, 0.25) is 0 Å². The smallest absolute Gasteiger partial charge is 0.319 e. The van der Waals surface area contributed by atoms with Crippen LogP contribution in [0.3, 0.4) is 0 Å². The highest BCUT2D eigenvalue weighted by molar-refractivity contribution is 5.96. The molecule has 20 aliphatic rings. The molecule has 0 spiro atoms. The molecule has 10 aromatic rings. The van der Waals surface area contributed by atoms with Crippen LogP contribution in [0.5, 0.6) is 5.75 Å². The molecular weight excluding hydrogens is 1630 g/mol. The fourth-order valence-electron chi connectivity index (χ4n) is 31.3. The fourth-order valence-corrected chi connectivity index (χ4v) is 31.3. The predicted octanol–water partition coefficient (Wildman–Crippen LogP) is 16.2. The van der Waals surface area contributed by atoms with Crippen LogP contribution in [0.1, 0.15) is 179 Å². The van der Waals surface area contributed by atoms with Crippen molar-refractivity contribution in [3.8, 4) is 5.75 Å². The number of hydrogen-bond donors (Lipinski definition) is 5. The van der Waals surface area contributed by atoms with E-state index in [4.69, 9.17) is 37.9 Å². The van der Waals surface area contributed by atoms with E-state index in [0.717, 1.165) is 217 Å². The molecule has 5 aromatic heterocycles. The zero-order valence-corrected chi connectivity index (χ0v) is 78.4. The standard InChI is InChI=1S/C24H32N2O4.2C22H28N2O3.C21H26N2O2.C19H24N2/c1-28-10-8-17-13-16-14-24(23(27)30-12-11-29-2)21-19(7-9-26(15-16)22(17)24)18-5-3-4-6-20(18)25-21;1-26-10-8-15-11-14-12-22(21(25)27-2)19-17(7-9-24(13-14)20(15)22)16-5-3-4-6-18(16)23-19;1-4-14-9-13-11-22(21(25)27-3)19-16(7-8-24(12-13)20(14)22)17-10-15(26-2)5-6-18(17)23-19;1-3-14-10-13-11-21(20(24)25-2)18-16(8-9-23(12-13)19(14)21)15-6-4-5-7-17(15)22-18;1-2-13-9-12-10-16-18-15(7-8-21(11-12)19(13)16)14-5-3-4-6-17(14)20-18/h3-6,16-17,22,25H,7-15H2,1-2H3;3-6,14-15,20,23H,7-13H2,1-2H3;5-6,10,13-14,20,23H,4,7-9,11-12H2,1-3H3;4-7,13-14,19,22H,3,8-12H2,1-2H3;3-6,12-13,16,19-20H,2,7-11H2,1H3/t16-,17?,22?,24?;14-,15?,20?,22?;13-,14?,20?,22?;13-,14?,19?,21?;12-,13?,16?,19?/m00000/s1. The number of hydrogen-bond acceptors (Lipinski definition) is 17. The zero-order chi connectivity index (χ0) is 89.2. The molecular formula is C108H138N10O12. The second-order valence-electron chi connectivity index (χ2n) is 41.8. The van der Waals surface area contributed by atoms with Crippen molar-refractivity contribution in [1.29, 1.82) is 0 Å². The number of methoxy groups -OCH3 is 7. The van der Waals surface area contributed by atoms with Crippen LogP contribution in [0, 0.1) is 59.2 Å². The third-order valence-electron chi connectivity index (χ3n) is 35.7. The number of aromatic nitrogens is 5. The van der Waals surface area contributed by atoms with Crippen LogP contribution in [0.15, 0.2) is 115 Å². The summed E-state index contributed by atoms with van der Waals surface area (Å²) in [6.07, 6.45) is 22.1. The van der Waals surface area contributed by atoms with E-state index < -0.39 is 21.7 Å². The average molecular weight is 1770 g/mol. The lowest BCUT2D eigenvalue weighted by Gasteiger charge is -2.58. The van der Waals surface area contributed by atoms with E-state index in [1.807, 2.05) is 6.07 Å². The topological polar surface area (TPSA) is 237 Å². The summed E-state index contributed by atoms with van der Waals surface area (Å²) < 4.78 is 43.7. The summed E-state index contributed by atoms with van der Waals surface area (Å²) in [5, 5.41) is 6.44. The molecule has 20 bridgehead atoms. The Labute approximate surface area is 765 Å². The normalized spacial score (nSPS) is 34.6. The van der Waals surface area contributed by atoms with Crippen molar-refractivity contribution in [3.05, 3.63) is 172 Å². The first-order valence-corrected chi connectivity index (χ1v) is 49.7.